The van der Waals surface area contributed by atoms with Crippen molar-refractivity contribution in [3.05, 3.63) is 102 Å². The molecule has 4 aromatic carbocycles. The largest absolute Gasteiger partial charge is 0.507 e. The first-order valence-corrected chi connectivity index (χ1v) is 10.6. The number of hydrogen-bond acceptors (Lipinski definition) is 2. The molecular weight excluding hydrogens is 402 g/mol. The molecule has 156 valence electrons. The Balaban J connectivity index is 0.000000165. The third-order valence-electron chi connectivity index (χ3n) is 6.20. The second-order valence-corrected chi connectivity index (χ2v) is 7.99. The monoisotopic (exact) mass is 427 g/mol. The summed E-state index contributed by atoms with van der Waals surface area (Å²) in [4.78, 5) is 0. The fourth-order valence-electron chi connectivity index (χ4n) is 4.73. The fourth-order valence-corrected chi connectivity index (χ4v) is 4.73. The molecule has 3 heteroatoms. The lowest BCUT2D eigenvalue weighted by Gasteiger charge is -2.25. The van der Waals surface area contributed by atoms with Gasteiger partial charge in [-0.15, -0.1) is 12.4 Å². The normalized spacial score (nSPS) is 14.3. The molecular formula is C28H26ClNO. The van der Waals surface area contributed by atoms with Gasteiger partial charge in [0, 0.05) is 16.5 Å². The van der Waals surface area contributed by atoms with Gasteiger partial charge in [-0.3, -0.25) is 0 Å². The van der Waals surface area contributed by atoms with E-state index >= 15 is 0 Å². The number of aromatic hydroxyl groups is 1. The summed E-state index contributed by atoms with van der Waals surface area (Å²) in [5.74, 6) is 0.350. The number of phenolic OH excluding ortho intramolecular Hbond substituents is 1. The highest BCUT2D eigenvalue weighted by Crippen LogP contribution is 2.41. The van der Waals surface area contributed by atoms with Crippen LogP contribution < -0.4 is 5.73 Å². The minimum absolute atomic E-state index is 0. The van der Waals surface area contributed by atoms with Crippen molar-refractivity contribution in [3.8, 4) is 5.75 Å². The van der Waals surface area contributed by atoms with E-state index in [2.05, 4.69) is 30.4 Å². The van der Waals surface area contributed by atoms with Crippen molar-refractivity contribution < 1.29 is 5.11 Å². The van der Waals surface area contributed by atoms with Gasteiger partial charge < -0.3 is 10.8 Å². The maximum Gasteiger partial charge on any atom is 0.123 e. The first kappa shape index (κ1) is 21.0. The van der Waals surface area contributed by atoms with Crippen LogP contribution in [0.5, 0.6) is 5.75 Å². The highest BCUT2D eigenvalue weighted by atomic mass is 35.5. The molecule has 0 spiro atoms. The number of nitrogen functional groups attached to an aromatic ring is 1. The van der Waals surface area contributed by atoms with E-state index in [0.717, 1.165) is 22.9 Å². The molecule has 2 nitrogen and oxygen atoms in total. The molecule has 3 N–H and O–H groups in total. The summed E-state index contributed by atoms with van der Waals surface area (Å²) >= 11 is 0. The van der Waals surface area contributed by atoms with Crippen LogP contribution in [0, 0.1) is 0 Å². The van der Waals surface area contributed by atoms with Crippen molar-refractivity contribution >= 4 is 45.2 Å². The van der Waals surface area contributed by atoms with Gasteiger partial charge in [0.15, 0.2) is 0 Å². The van der Waals surface area contributed by atoms with Crippen LogP contribution in [-0.2, 0) is 6.42 Å². The third kappa shape index (κ3) is 3.92. The van der Waals surface area contributed by atoms with Crippen molar-refractivity contribution in [1.29, 1.82) is 0 Å². The Morgan fingerprint density at radius 1 is 0.742 bits per heavy atom. The average molecular weight is 428 g/mol. The van der Waals surface area contributed by atoms with E-state index in [1.54, 1.807) is 11.6 Å². The van der Waals surface area contributed by atoms with E-state index in [0.29, 0.717) is 5.75 Å². The van der Waals surface area contributed by atoms with Gasteiger partial charge in [-0.05, 0) is 65.3 Å². The summed E-state index contributed by atoms with van der Waals surface area (Å²) in [5, 5.41) is 13.9. The number of rotatable bonds is 0. The van der Waals surface area contributed by atoms with Gasteiger partial charge in [-0.1, -0.05) is 78.4 Å². The zero-order chi connectivity index (χ0) is 20.5. The van der Waals surface area contributed by atoms with Crippen LogP contribution in [0.1, 0.15) is 30.4 Å². The fraction of sp³-hybridized carbons (Fsp3) is 0.143. The predicted molar refractivity (Wildman–Crippen MR) is 135 cm³/mol. The molecule has 0 atom stereocenters. The molecule has 0 aromatic heterocycles. The molecule has 2 aliphatic carbocycles. The van der Waals surface area contributed by atoms with Crippen molar-refractivity contribution in [3.63, 3.8) is 0 Å². The molecule has 0 radical (unpaired) electrons. The van der Waals surface area contributed by atoms with Crippen molar-refractivity contribution in [2.24, 2.45) is 0 Å². The lowest BCUT2D eigenvalue weighted by Crippen LogP contribution is -2.07. The van der Waals surface area contributed by atoms with E-state index in [4.69, 9.17) is 5.73 Å². The summed E-state index contributed by atoms with van der Waals surface area (Å²) < 4.78 is 0. The van der Waals surface area contributed by atoms with Crippen LogP contribution in [-0.4, -0.2) is 5.11 Å². The number of fused-ring (bicyclic) bond motifs is 5. The topological polar surface area (TPSA) is 46.2 Å². The van der Waals surface area contributed by atoms with Gasteiger partial charge in [0.1, 0.15) is 5.75 Å². The Morgan fingerprint density at radius 3 is 2.39 bits per heavy atom. The van der Waals surface area contributed by atoms with E-state index in [9.17, 15) is 5.11 Å². The minimum Gasteiger partial charge on any atom is -0.507 e. The lowest BCUT2D eigenvalue weighted by molar-refractivity contribution is 0.481. The van der Waals surface area contributed by atoms with Crippen LogP contribution >= 0.6 is 12.4 Å². The van der Waals surface area contributed by atoms with Crippen molar-refractivity contribution in [2.75, 3.05) is 5.73 Å². The predicted octanol–water partition coefficient (Wildman–Crippen LogP) is 7.44. The first-order chi connectivity index (χ1) is 14.7. The molecule has 2 aliphatic rings. The summed E-state index contributed by atoms with van der Waals surface area (Å²) in [6.45, 7) is 0. The second-order valence-electron chi connectivity index (χ2n) is 7.99. The Morgan fingerprint density at radius 2 is 1.52 bits per heavy atom. The van der Waals surface area contributed by atoms with E-state index in [1.165, 1.54) is 46.7 Å². The lowest BCUT2D eigenvalue weighted by atomic mass is 9.79. The van der Waals surface area contributed by atoms with Crippen molar-refractivity contribution in [2.45, 2.75) is 25.7 Å². The van der Waals surface area contributed by atoms with Gasteiger partial charge in [-0.25, -0.2) is 0 Å². The maximum absolute atomic E-state index is 9.37. The quantitative estimate of drug-likeness (QED) is 0.286. The number of halogens is 1. The van der Waals surface area contributed by atoms with E-state index in [-0.39, 0.29) is 12.4 Å². The van der Waals surface area contributed by atoms with E-state index in [1.807, 2.05) is 48.5 Å². The molecule has 0 amide bonds. The van der Waals surface area contributed by atoms with Gasteiger partial charge in [-0.2, -0.15) is 0 Å². The number of phenols is 1. The Kier molecular flexibility index (Phi) is 6.01. The molecule has 6 rings (SSSR count). The molecule has 0 heterocycles. The van der Waals surface area contributed by atoms with Gasteiger partial charge in [0.25, 0.3) is 0 Å². The summed E-state index contributed by atoms with van der Waals surface area (Å²) in [5.41, 5.74) is 13.1. The Bertz CT molecular complexity index is 1310. The molecule has 0 saturated heterocycles. The molecule has 0 unspecified atom stereocenters. The highest BCUT2D eigenvalue weighted by molar-refractivity contribution is 6.00. The number of aryl methyl sites for hydroxylation is 1. The van der Waals surface area contributed by atoms with Crippen LogP contribution in [0.25, 0.3) is 27.1 Å². The third-order valence-corrected chi connectivity index (χ3v) is 6.20. The first-order valence-electron chi connectivity index (χ1n) is 10.6. The van der Waals surface area contributed by atoms with Crippen LogP contribution in [0.4, 0.5) is 5.69 Å². The summed E-state index contributed by atoms with van der Waals surface area (Å²) in [7, 11) is 0. The number of benzene rings is 4. The van der Waals surface area contributed by atoms with Crippen LogP contribution in [0.3, 0.4) is 0 Å². The molecule has 0 fully saturated rings. The number of hydrogen-bond donors (Lipinski definition) is 2. The highest BCUT2D eigenvalue weighted by Gasteiger charge is 2.21. The van der Waals surface area contributed by atoms with E-state index < -0.39 is 0 Å². The molecule has 0 bridgehead atoms. The molecule has 4 aromatic rings. The zero-order valence-electron chi connectivity index (χ0n) is 17.3. The number of nitrogens with two attached hydrogens (primary N) is 1. The SMILES string of the molecule is Cl.Nc1cccc2ccc3c(c12)CCC1=C3C=CCC1.Oc1cccc2ccccc12. The van der Waals surface area contributed by atoms with Crippen LogP contribution in [0.15, 0.2) is 90.5 Å². The smallest absolute Gasteiger partial charge is 0.123 e. The van der Waals surface area contributed by atoms with Crippen LogP contribution in [0.2, 0.25) is 0 Å². The number of allylic oxidation sites excluding steroid dienone is 4. The van der Waals surface area contributed by atoms with Gasteiger partial charge in [0.05, 0.1) is 0 Å². The van der Waals surface area contributed by atoms with Gasteiger partial charge in [0.2, 0.25) is 0 Å². The average Bonchev–Trinajstić information content (AvgIpc) is 2.79. The van der Waals surface area contributed by atoms with Gasteiger partial charge >= 0.3 is 0 Å². The summed E-state index contributed by atoms with van der Waals surface area (Å²) in [6, 6.07) is 24.0. The molecule has 0 saturated carbocycles. The minimum atomic E-state index is 0. The molecule has 31 heavy (non-hydrogen) atoms. The summed E-state index contributed by atoms with van der Waals surface area (Å²) in [6.07, 6.45) is 9.36. The maximum atomic E-state index is 9.37. The zero-order valence-corrected chi connectivity index (χ0v) is 18.2. The Hall–Kier alpha value is -3.23. The standard InChI is InChI=1S/C18H17N.C10H8O.ClH/c19-17-7-3-5-13-9-10-15-14-6-2-1-4-12(14)8-11-16(15)18(13)17;11-10-7-3-5-8-4-1-2-6-9(8)10;/h2-3,5-7,9-10H,1,4,8,11,19H2;1-7,11H;1H. The Labute approximate surface area is 189 Å². The second kappa shape index (κ2) is 8.87. The van der Waals surface area contributed by atoms with Crippen molar-refractivity contribution in [1.82, 2.24) is 0 Å². The molecule has 0 aliphatic heterocycles. The number of anilines is 1.